The third kappa shape index (κ3) is 4.23. The molecule has 0 N–H and O–H groups in total. The van der Waals surface area contributed by atoms with Crippen LogP contribution in [0.4, 0.5) is 0 Å². The average molecular weight is 583 g/mol. The smallest absolute Gasteiger partial charge is 0.000763 e. The maximum atomic E-state index is 2.45. The van der Waals surface area contributed by atoms with Gasteiger partial charge in [0, 0.05) is 0 Å². The second kappa shape index (κ2) is 10.9. The molecule has 1 aliphatic rings. The second-order valence-corrected chi connectivity index (χ2v) is 12.0. The minimum atomic E-state index is 1.22. The number of hydrogen-bond donors (Lipinski definition) is 0. The summed E-state index contributed by atoms with van der Waals surface area (Å²) in [7, 11) is 0. The van der Waals surface area contributed by atoms with Crippen LogP contribution in [0, 0.1) is 0 Å². The van der Waals surface area contributed by atoms with E-state index in [0.717, 1.165) is 0 Å². The Morgan fingerprint density at radius 2 is 0.696 bits per heavy atom. The zero-order chi connectivity index (χ0) is 30.5. The van der Waals surface area contributed by atoms with E-state index in [4.69, 9.17) is 0 Å². The lowest BCUT2D eigenvalue weighted by Gasteiger charge is -2.21. The first-order chi connectivity index (χ1) is 22.8. The second-order valence-electron chi connectivity index (χ2n) is 12.0. The van der Waals surface area contributed by atoms with Crippen molar-refractivity contribution >= 4 is 10.8 Å². The van der Waals surface area contributed by atoms with E-state index in [1.54, 1.807) is 0 Å². The maximum Gasteiger partial charge on any atom is -0.000763 e. The summed E-state index contributed by atoms with van der Waals surface area (Å²) in [5, 5.41) is 2.63. The number of hydrogen-bond acceptors (Lipinski definition) is 0. The molecule has 0 heterocycles. The zero-order valence-corrected chi connectivity index (χ0v) is 25.3. The van der Waals surface area contributed by atoms with Gasteiger partial charge in [0.15, 0.2) is 0 Å². The van der Waals surface area contributed by atoms with Crippen molar-refractivity contribution in [3.63, 3.8) is 0 Å². The van der Waals surface area contributed by atoms with E-state index in [-0.39, 0.29) is 0 Å². The summed E-state index contributed by atoms with van der Waals surface area (Å²) >= 11 is 0. The van der Waals surface area contributed by atoms with Gasteiger partial charge in [-0.25, -0.2) is 0 Å². The van der Waals surface area contributed by atoms with Crippen LogP contribution >= 0.6 is 0 Å². The van der Waals surface area contributed by atoms with Crippen LogP contribution in [0.15, 0.2) is 182 Å². The van der Waals surface area contributed by atoms with Crippen LogP contribution in [0.3, 0.4) is 0 Å². The summed E-state index contributed by atoms with van der Waals surface area (Å²) in [4.78, 5) is 0. The molecule has 0 saturated heterocycles. The number of benzene rings is 8. The molecule has 9 rings (SSSR count). The van der Waals surface area contributed by atoms with Crippen molar-refractivity contribution in [1.82, 2.24) is 0 Å². The molecule has 0 radical (unpaired) electrons. The first-order valence-corrected chi connectivity index (χ1v) is 15.9. The Morgan fingerprint density at radius 1 is 0.217 bits per heavy atom. The van der Waals surface area contributed by atoms with E-state index < -0.39 is 0 Å². The van der Waals surface area contributed by atoms with Crippen molar-refractivity contribution in [3.05, 3.63) is 182 Å². The van der Waals surface area contributed by atoms with E-state index in [1.165, 1.54) is 88.7 Å². The van der Waals surface area contributed by atoms with Gasteiger partial charge in [-0.15, -0.1) is 0 Å². The molecule has 0 spiro atoms. The van der Waals surface area contributed by atoms with Crippen LogP contribution in [0.5, 0.6) is 0 Å². The highest BCUT2D eigenvalue weighted by atomic mass is 14.3. The summed E-state index contributed by atoms with van der Waals surface area (Å²) in [5.74, 6) is 0. The van der Waals surface area contributed by atoms with Gasteiger partial charge in [0.1, 0.15) is 0 Å². The molecule has 0 heteroatoms. The van der Waals surface area contributed by atoms with Crippen LogP contribution in [-0.2, 0) is 0 Å². The molecule has 1 aliphatic carbocycles. The molecule has 0 bridgehead atoms. The van der Waals surface area contributed by atoms with Crippen molar-refractivity contribution in [3.8, 4) is 77.9 Å². The van der Waals surface area contributed by atoms with Crippen molar-refractivity contribution in [2.75, 3.05) is 0 Å². The Hall–Kier alpha value is -5.98. The minimum absolute atomic E-state index is 1.22. The molecule has 0 atom stereocenters. The van der Waals surface area contributed by atoms with Gasteiger partial charge >= 0.3 is 0 Å². The molecule has 0 nitrogen and oxygen atoms in total. The van der Waals surface area contributed by atoms with Gasteiger partial charge in [-0.3, -0.25) is 0 Å². The third-order valence-electron chi connectivity index (χ3n) is 9.42. The molecule has 0 amide bonds. The van der Waals surface area contributed by atoms with E-state index in [2.05, 4.69) is 182 Å². The molecule has 8 aromatic rings. The van der Waals surface area contributed by atoms with E-state index in [1.807, 2.05) is 0 Å². The predicted octanol–water partition coefficient (Wildman–Crippen LogP) is 12.8. The van der Waals surface area contributed by atoms with Gasteiger partial charge in [-0.05, 0) is 101 Å². The normalized spacial score (nSPS) is 11.5. The summed E-state index contributed by atoms with van der Waals surface area (Å²) < 4.78 is 0. The fourth-order valence-corrected chi connectivity index (χ4v) is 7.40. The van der Waals surface area contributed by atoms with Crippen molar-refractivity contribution in [2.45, 2.75) is 0 Å². The summed E-state index contributed by atoms with van der Waals surface area (Å²) in [5.41, 5.74) is 17.7. The highest BCUT2D eigenvalue weighted by Crippen LogP contribution is 2.58. The Bertz CT molecular complexity index is 2370. The number of fused-ring (bicyclic) bond motifs is 3. The monoisotopic (exact) mass is 582 g/mol. The van der Waals surface area contributed by atoms with Gasteiger partial charge < -0.3 is 0 Å². The lowest BCUT2D eigenvalue weighted by Crippen LogP contribution is -1.94. The molecule has 0 aromatic heterocycles. The fraction of sp³-hybridized carbons (Fsp3) is 0. The summed E-state index contributed by atoms with van der Waals surface area (Å²) in [6.07, 6.45) is 0. The Kier molecular flexibility index (Phi) is 6.25. The SMILES string of the molecule is c1ccc(-c2cccc(-c3cc(-c4ccccc4)c4c(c3-c3ccccc3)-c3cccc5c(-c6ccccc6)ccc-4c35)c2)cc1. The first-order valence-electron chi connectivity index (χ1n) is 15.9. The highest BCUT2D eigenvalue weighted by Gasteiger charge is 2.31. The number of rotatable bonds is 5. The Labute approximate surface area is 269 Å². The molecule has 214 valence electrons. The largest absolute Gasteiger partial charge is 0.0622 e. The Morgan fingerprint density at radius 3 is 1.37 bits per heavy atom. The molecule has 0 unspecified atom stereocenters. The van der Waals surface area contributed by atoms with E-state index in [0.29, 0.717) is 0 Å². The van der Waals surface area contributed by atoms with Crippen molar-refractivity contribution in [2.24, 2.45) is 0 Å². The molecule has 8 aromatic carbocycles. The molecule has 0 saturated carbocycles. The van der Waals surface area contributed by atoms with Crippen LogP contribution < -0.4 is 0 Å². The van der Waals surface area contributed by atoms with Crippen LogP contribution in [0.2, 0.25) is 0 Å². The van der Waals surface area contributed by atoms with E-state index in [9.17, 15) is 0 Å². The minimum Gasteiger partial charge on any atom is -0.0622 e. The molecular weight excluding hydrogens is 553 g/mol. The molecular formula is C46H30. The molecule has 0 fully saturated rings. The van der Waals surface area contributed by atoms with Gasteiger partial charge in [-0.2, -0.15) is 0 Å². The molecule has 0 aliphatic heterocycles. The van der Waals surface area contributed by atoms with Crippen LogP contribution in [0.25, 0.3) is 88.7 Å². The third-order valence-corrected chi connectivity index (χ3v) is 9.42. The molecule has 46 heavy (non-hydrogen) atoms. The van der Waals surface area contributed by atoms with Crippen LogP contribution in [-0.4, -0.2) is 0 Å². The lowest BCUT2D eigenvalue weighted by atomic mass is 9.82. The van der Waals surface area contributed by atoms with Gasteiger partial charge in [0.05, 0.1) is 0 Å². The lowest BCUT2D eigenvalue weighted by molar-refractivity contribution is 1.55. The first kappa shape index (κ1) is 26.4. The van der Waals surface area contributed by atoms with Gasteiger partial charge in [0.2, 0.25) is 0 Å². The summed E-state index contributed by atoms with van der Waals surface area (Å²) in [6.45, 7) is 0. The average Bonchev–Trinajstić information content (AvgIpc) is 3.48. The quantitative estimate of drug-likeness (QED) is 0.189. The summed E-state index contributed by atoms with van der Waals surface area (Å²) in [6, 6.07) is 66.4. The van der Waals surface area contributed by atoms with E-state index >= 15 is 0 Å². The van der Waals surface area contributed by atoms with Crippen molar-refractivity contribution in [1.29, 1.82) is 0 Å². The van der Waals surface area contributed by atoms with Gasteiger partial charge in [0.25, 0.3) is 0 Å². The van der Waals surface area contributed by atoms with Gasteiger partial charge in [-0.1, -0.05) is 170 Å². The fourth-order valence-electron chi connectivity index (χ4n) is 7.40. The zero-order valence-electron chi connectivity index (χ0n) is 25.3. The standard InChI is InChI=1S/C46H30/c1-5-15-31(16-6-1)35-23-13-24-36(29-35)42-30-41(33-19-9-3-10-20-33)45-40-28-27-37(32-17-7-2-8-18-32)38-25-14-26-39(44(38)40)46(45)43(42)34-21-11-4-12-22-34/h1-30H. The van der Waals surface area contributed by atoms with Crippen molar-refractivity contribution < 1.29 is 0 Å². The highest BCUT2D eigenvalue weighted by molar-refractivity contribution is 6.24. The Balaban J connectivity index is 1.41. The topological polar surface area (TPSA) is 0 Å². The maximum absolute atomic E-state index is 2.45. The predicted molar refractivity (Wildman–Crippen MR) is 196 cm³/mol. The van der Waals surface area contributed by atoms with Crippen LogP contribution in [0.1, 0.15) is 0 Å².